The molecule has 1 saturated carbocycles. The highest BCUT2D eigenvalue weighted by atomic mass is 16.5. The molecule has 0 bridgehead atoms. The Morgan fingerprint density at radius 3 is 2.56 bits per heavy atom. The summed E-state index contributed by atoms with van der Waals surface area (Å²) >= 11 is 0. The predicted molar refractivity (Wildman–Crippen MR) is 96.9 cm³/mol. The third kappa shape index (κ3) is 3.57. The van der Waals surface area contributed by atoms with E-state index in [1.54, 1.807) is 0 Å². The fraction of sp³-hybridized carbons (Fsp3) is 0.842. The molecule has 4 rings (SSSR count). The van der Waals surface area contributed by atoms with Gasteiger partial charge >= 0.3 is 6.03 Å². The van der Waals surface area contributed by atoms with Crippen molar-refractivity contribution in [3.63, 3.8) is 0 Å². The van der Waals surface area contributed by atoms with Crippen molar-refractivity contribution in [3.8, 4) is 0 Å². The summed E-state index contributed by atoms with van der Waals surface area (Å²) in [6, 6.07) is -0.250. The highest BCUT2D eigenvalue weighted by Gasteiger charge is 2.53. The molecular weight excluding hydrogens is 348 g/mol. The fourth-order valence-corrected chi connectivity index (χ4v) is 4.81. The summed E-state index contributed by atoms with van der Waals surface area (Å²) in [4.78, 5) is 42.3. The van der Waals surface area contributed by atoms with E-state index >= 15 is 0 Å². The van der Waals surface area contributed by atoms with Crippen LogP contribution in [0.3, 0.4) is 0 Å². The molecule has 3 heterocycles. The van der Waals surface area contributed by atoms with Crippen LogP contribution in [0.5, 0.6) is 0 Å². The lowest BCUT2D eigenvalue weighted by Gasteiger charge is -2.35. The van der Waals surface area contributed by atoms with Crippen molar-refractivity contribution >= 4 is 17.8 Å². The van der Waals surface area contributed by atoms with E-state index in [1.807, 2.05) is 4.90 Å². The van der Waals surface area contributed by atoms with Gasteiger partial charge in [0, 0.05) is 6.61 Å². The molecule has 0 aromatic rings. The number of quaternary nitrogens is 1. The minimum absolute atomic E-state index is 0.0511. The molecule has 1 spiro atoms. The van der Waals surface area contributed by atoms with Gasteiger partial charge in [-0.25, -0.2) is 9.69 Å². The Hall–Kier alpha value is -1.67. The van der Waals surface area contributed by atoms with Crippen molar-refractivity contribution in [1.82, 2.24) is 15.1 Å². The molecule has 27 heavy (non-hydrogen) atoms. The molecule has 150 valence electrons. The lowest BCUT2D eigenvalue weighted by atomic mass is 9.77. The van der Waals surface area contributed by atoms with E-state index in [0.29, 0.717) is 32.3 Å². The zero-order chi connectivity index (χ0) is 19.0. The van der Waals surface area contributed by atoms with Crippen molar-refractivity contribution in [2.75, 3.05) is 39.5 Å². The Morgan fingerprint density at radius 2 is 1.93 bits per heavy atom. The molecule has 4 fully saturated rings. The summed E-state index contributed by atoms with van der Waals surface area (Å²) in [6.45, 7) is 6.07. The Kier molecular flexibility index (Phi) is 5.11. The molecule has 1 atom stereocenters. The summed E-state index contributed by atoms with van der Waals surface area (Å²) in [7, 11) is 0. The maximum absolute atomic E-state index is 13.0. The van der Waals surface area contributed by atoms with E-state index < -0.39 is 5.54 Å². The summed E-state index contributed by atoms with van der Waals surface area (Å²) in [5.41, 5.74) is -0.666. The molecule has 8 heteroatoms. The summed E-state index contributed by atoms with van der Waals surface area (Å²) in [5.74, 6) is 0.663. The minimum Gasteiger partial charge on any atom is -0.368 e. The smallest absolute Gasteiger partial charge is 0.329 e. The molecule has 8 nitrogen and oxygen atoms in total. The minimum atomic E-state index is -0.666. The first kappa shape index (κ1) is 18.7. The molecule has 3 saturated heterocycles. The normalized spacial score (nSPS) is 35.1. The van der Waals surface area contributed by atoms with Gasteiger partial charge in [-0.15, -0.1) is 0 Å². The maximum atomic E-state index is 13.0. The zero-order valence-corrected chi connectivity index (χ0v) is 16.2. The number of amides is 4. The van der Waals surface area contributed by atoms with E-state index in [1.165, 1.54) is 9.80 Å². The maximum Gasteiger partial charge on any atom is 0.329 e. The Morgan fingerprint density at radius 1 is 1.22 bits per heavy atom. The van der Waals surface area contributed by atoms with Crippen LogP contribution in [0.1, 0.15) is 45.4 Å². The van der Waals surface area contributed by atoms with Gasteiger partial charge in [0.2, 0.25) is 0 Å². The molecule has 2 N–H and O–H groups in total. The molecule has 4 amide bonds. The van der Waals surface area contributed by atoms with Gasteiger partial charge in [-0.1, -0.05) is 6.92 Å². The van der Waals surface area contributed by atoms with Gasteiger partial charge in [-0.3, -0.25) is 9.59 Å². The lowest BCUT2D eigenvalue weighted by Crippen LogP contribution is -3.16. The summed E-state index contributed by atoms with van der Waals surface area (Å²) in [5, 5.41) is 2.99. The fourth-order valence-electron chi connectivity index (χ4n) is 4.81. The molecule has 0 aromatic heterocycles. The van der Waals surface area contributed by atoms with Crippen LogP contribution >= 0.6 is 0 Å². The topological polar surface area (TPSA) is 83.4 Å². The number of imide groups is 1. The number of hydrogen-bond donors (Lipinski definition) is 2. The lowest BCUT2D eigenvalue weighted by molar-refractivity contribution is -0.911. The molecule has 0 unspecified atom stereocenters. The molecule has 1 aliphatic carbocycles. The van der Waals surface area contributed by atoms with Crippen molar-refractivity contribution in [2.24, 2.45) is 5.92 Å². The number of carbonyl (C=O) groups is 3. The number of piperazine rings is 1. The van der Waals surface area contributed by atoms with Crippen LogP contribution in [-0.4, -0.2) is 78.7 Å². The first-order valence-corrected chi connectivity index (χ1v) is 10.4. The third-order valence-corrected chi connectivity index (χ3v) is 6.74. The van der Waals surface area contributed by atoms with Crippen LogP contribution < -0.4 is 10.2 Å². The third-order valence-electron chi connectivity index (χ3n) is 6.74. The SMILES string of the molecule is CC1CCC2(CC1)NC(=O)N(C[NH+]1CCN(C(=O)[C@H]3CCCO3)CC1)C2=O. The van der Waals surface area contributed by atoms with E-state index in [2.05, 4.69) is 12.2 Å². The zero-order valence-electron chi connectivity index (χ0n) is 16.2. The number of nitrogens with zero attached hydrogens (tertiary/aromatic N) is 2. The van der Waals surface area contributed by atoms with Crippen molar-refractivity contribution < 1.29 is 24.0 Å². The quantitative estimate of drug-likeness (QED) is 0.639. The van der Waals surface area contributed by atoms with Gasteiger partial charge in [-0.05, 0) is 44.4 Å². The Bertz CT molecular complexity index is 603. The van der Waals surface area contributed by atoms with E-state index in [0.717, 1.165) is 51.6 Å². The van der Waals surface area contributed by atoms with Gasteiger partial charge in [-0.2, -0.15) is 0 Å². The standard InChI is InChI=1S/C19H30N4O4/c1-14-4-6-19(7-5-14)17(25)23(18(26)20-19)13-21-8-10-22(11-9-21)16(24)15-3-2-12-27-15/h14-15H,2-13H2,1H3,(H,20,26)/p+1/t14?,15-,19?/m1/s1. The largest absolute Gasteiger partial charge is 0.368 e. The monoisotopic (exact) mass is 379 g/mol. The molecule has 3 aliphatic heterocycles. The number of ether oxygens (including phenoxy) is 1. The van der Waals surface area contributed by atoms with E-state index in [-0.39, 0.29) is 23.9 Å². The first-order valence-electron chi connectivity index (χ1n) is 10.4. The first-order chi connectivity index (χ1) is 13.0. The van der Waals surface area contributed by atoms with Crippen LogP contribution in [0.25, 0.3) is 0 Å². The number of urea groups is 1. The summed E-state index contributed by atoms with van der Waals surface area (Å²) in [6.07, 6.45) is 4.95. The van der Waals surface area contributed by atoms with Crippen molar-refractivity contribution in [1.29, 1.82) is 0 Å². The van der Waals surface area contributed by atoms with Crippen LogP contribution in [0.4, 0.5) is 4.79 Å². The highest BCUT2D eigenvalue weighted by molar-refractivity contribution is 6.06. The highest BCUT2D eigenvalue weighted by Crippen LogP contribution is 2.35. The van der Waals surface area contributed by atoms with Crippen LogP contribution in [0, 0.1) is 5.92 Å². The molecule has 0 radical (unpaired) electrons. The summed E-state index contributed by atoms with van der Waals surface area (Å²) < 4.78 is 5.50. The van der Waals surface area contributed by atoms with Crippen LogP contribution in [0.15, 0.2) is 0 Å². The van der Waals surface area contributed by atoms with E-state index in [4.69, 9.17) is 4.74 Å². The van der Waals surface area contributed by atoms with Crippen molar-refractivity contribution in [3.05, 3.63) is 0 Å². The van der Waals surface area contributed by atoms with E-state index in [9.17, 15) is 14.4 Å². The number of nitrogens with one attached hydrogen (secondary N) is 2. The Balaban J connectivity index is 1.30. The van der Waals surface area contributed by atoms with Crippen LogP contribution in [-0.2, 0) is 14.3 Å². The number of rotatable bonds is 3. The van der Waals surface area contributed by atoms with Gasteiger partial charge in [0.25, 0.3) is 11.8 Å². The number of hydrogen-bond acceptors (Lipinski definition) is 4. The second kappa shape index (κ2) is 7.39. The van der Waals surface area contributed by atoms with Crippen LogP contribution in [0.2, 0.25) is 0 Å². The average molecular weight is 379 g/mol. The average Bonchev–Trinajstić information content (AvgIpc) is 3.28. The second-order valence-corrected chi connectivity index (χ2v) is 8.66. The van der Waals surface area contributed by atoms with Gasteiger partial charge in [0.1, 0.15) is 11.6 Å². The van der Waals surface area contributed by atoms with Gasteiger partial charge < -0.3 is 19.9 Å². The molecular formula is C19H31N4O4+. The number of carbonyl (C=O) groups excluding carboxylic acids is 3. The van der Waals surface area contributed by atoms with Gasteiger partial charge in [0.05, 0.1) is 26.2 Å². The molecule has 4 aliphatic rings. The van der Waals surface area contributed by atoms with Gasteiger partial charge in [0.15, 0.2) is 6.67 Å². The second-order valence-electron chi connectivity index (χ2n) is 8.66. The molecule has 0 aromatic carbocycles. The predicted octanol–water partition coefficient (Wildman–Crippen LogP) is -0.649. The van der Waals surface area contributed by atoms with Crippen molar-refractivity contribution in [2.45, 2.75) is 57.1 Å². The Labute approximate surface area is 160 Å².